The van der Waals surface area contributed by atoms with Gasteiger partial charge in [0.1, 0.15) is 12.6 Å². The number of alkyl halides is 1. The first-order valence-electron chi connectivity index (χ1n) is 7.92. The number of carbonyl (C=O) groups excluding carboxylic acids is 1. The zero-order chi connectivity index (χ0) is 18.1. The Kier molecular flexibility index (Phi) is 6.95. The molecule has 2 aromatic rings. The summed E-state index contributed by atoms with van der Waals surface area (Å²) in [6, 6.07) is 15.2. The van der Waals surface area contributed by atoms with E-state index >= 15 is 0 Å². The molecule has 25 heavy (non-hydrogen) atoms. The van der Waals surface area contributed by atoms with Gasteiger partial charge in [-0.3, -0.25) is 4.39 Å². The largest absolute Gasteiger partial charge is 0.465 e. The van der Waals surface area contributed by atoms with Crippen LogP contribution in [0.25, 0.3) is 0 Å². The fraction of sp³-hybridized carbons (Fsp3) is 0.263. The van der Waals surface area contributed by atoms with Gasteiger partial charge >= 0.3 is 12.1 Å². The van der Waals surface area contributed by atoms with Crippen molar-refractivity contribution in [1.82, 2.24) is 5.32 Å². The Labute approximate surface area is 145 Å². The minimum absolute atomic E-state index is 0.0763. The predicted molar refractivity (Wildman–Crippen MR) is 91.0 cm³/mol. The molecule has 0 saturated carbocycles. The zero-order valence-corrected chi connectivity index (χ0v) is 13.7. The minimum atomic E-state index is -1.30. The lowest BCUT2D eigenvalue weighted by Gasteiger charge is -2.16. The molecule has 1 amide bonds. The number of carboxylic acid groups (broad SMARTS) is 1. The molecule has 0 aliphatic rings. The van der Waals surface area contributed by atoms with E-state index in [1.54, 1.807) is 24.3 Å². The van der Waals surface area contributed by atoms with Crippen LogP contribution >= 0.6 is 0 Å². The topological polar surface area (TPSA) is 75.6 Å². The number of rotatable bonds is 8. The normalized spacial score (nSPS) is 11.6. The molecular formula is C19H20FNO4. The fourth-order valence-electron chi connectivity index (χ4n) is 2.36. The molecular weight excluding hydrogens is 325 g/mol. The van der Waals surface area contributed by atoms with Gasteiger partial charge in [-0.05, 0) is 16.7 Å². The van der Waals surface area contributed by atoms with Crippen LogP contribution in [0.4, 0.5) is 9.18 Å². The molecule has 2 N–H and O–H groups in total. The quantitative estimate of drug-likeness (QED) is 0.721. The Bertz CT molecular complexity index is 688. The number of amides is 1. The number of ether oxygens (including phenoxy) is 1. The second kappa shape index (κ2) is 9.42. The molecule has 0 spiro atoms. The van der Waals surface area contributed by atoms with E-state index in [4.69, 9.17) is 9.84 Å². The number of aryl methyl sites for hydroxylation is 1. The Morgan fingerprint density at radius 1 is 1.00 bits per heavy atom. The lowest BCUT2D eigenvalue weighted by molar-refractivity contribution is -0.147. The summed E-state index contributed by atoms with van der Waals surface area (Å²) in [5.74, 6) is -0.640. The molecule has 2 aromatic carbocycles. The molecule has 0 saturated heterocycles. The van der Waals surface area contributed by atoms with Crippen molar-refractivity contribution in [3.05, 3.63) is 71.3 Å². The number of halogens is 1. The van der Waals surface area contributed by atoms with Crippen LogP contribution in [0.3, 0.4) is 0 Å². The molecule has 5 nitrogen and oxygen atoms in total. The number of carbonyl (C=O) groups is 2. The van der Waals surface area contributed by atoms with Crippen molar-refractivity contribution < 1.29 is 23.8 Å². The molecule has 6 heteroatoms. The van der Waals surface area contributed by atoms with Crippen LogP contribution in [-0.2, 0) is 29.0 Å². The van der Waals surface area contributed by atoms with Gasteiger partial charge in [-0.2, -0.15) is 0 Å². The number of nitrogens with one attached hydrogen (secondary N) is 1. The lowest BCUT2D eigenvalue weighted by Crippen LogP contribution is -2.42. The zero-order valence-electron chi connectivity index (χ0n) is 13.7. The van der Waals surface area contributed by atoms with Gasteiger partial charge in [-0.25, -0.2) is 9.59 Å². The molecule has 132 valence electrons. The number of esters is 1. The highest BCUT2D eigenvalue weighted by Crippen LogP contribution is 2.10. The Morgan fingerprint density at radius 2 is 1.64 bits per heavy atom. The third-order valence-electron chi connectivity index (χ3n) is 3.65. The second-order valence-electron chi connectivity index (χ2n) is 5.55. The molecule has 0 fully saturated rings. The van der Waals surface area contributed by atoms with Crippen molar-refractivity contribution in [3.63, 3.8) is 0 Å². The predicted octanol–water partition coefficient (Wildman–Crippen LogP) is 3.12. The Balaban J connectivity index is 1.99. The summed E-state index contributed by atoms with van der Waals surface area (Å²) < 4.78 is 17.5. The van der Waals surface area contributed by atoms with Gasteiger partial charge in [0.2, 0.25) is 0 Å². The van der Waals surface area contributed by atoms with Gasteiger partial charge in [0.25, 0.3) is 0 Å². The summed E-state index contributed by atoms with van der Waals surface area (Å²) in [4.78, 5) is 23.2. The molecule has 0 radical (unpaired) electrons. The van der Waals surface area contributed by atoms with Crippen LogP contribution < -0.4 is 5.32 Å². The maximum Gasteiger partial charge on any atom is 0.405 e. The average Bonchev–Trinajstić information content (AvgIpc) is 2.61. The summed E-state index contributed by atoms with van der Waals surface area (Å²) in [6.45, 7) is -0.360. The van der Waals surface area contributed by atoms with Gasteiger partial charge in [-0.1, -0.05) is 54.6 Å². The van der Waals surface area contributed by atoms with E-state index in [9.17, 15) is 14.0 Å². The molecule has 0 aliphatic heterocycles. The van der Waals surface area contributed by atoms with Crippen LogP contribution in [-0.4, -0.2) is 29.9 Å². The van der Waals surface area contributed by atoms with Crippen molar-refractivity contribution in [3.8, 4) is 0 Å². The monoisotopic (exact) mass is 345 g/mol. The highest BCUT2D eigenvalue weighted by molar-refractivity contribution is 5.81. The van der Waals surface area contributed by atoms with E-state index < -0.39 is 24.8 Å². The van der Waals surface area contributed by atoms with E-state index in [-0.39, 0.29) is 13.0 Å². The number of benzene rings is 2. The highest BCUT2D eigenvalue weighted by atomic mass is 19.1. The van der Waals surface area contributed by atoms with Crippen LogP contribution in [0.2, 0.25) is 0 Å². The summed E-state index contributed by atoms with van der Waals surface area (Å²) >= 11 is 0. The Hall–Kier alpha value is -2.89. The van der Waals surface area contributed by atoms with Gasteiger partial charge in [0.05, 0.1) is 6.67 Å². The summed E-state index contributed by atoms with van der Waals surface area (Å²) in [6.07, 6.45) is -0.804. The highest BCUT2D eigenvalue weighted by Gasteiger charge is 2.22. The van der Waals surface area contributed by atoms with Crippen LogP contribution in [0.1, 0.15) is 16.7 Å². The fourth-order valence-corrected chi connectivity index (χ4v) is 2.36. The molecule has 0 bridgehead atoms. The van der Waals surface area contributed by atoms with Gasteiger partial charge in [0, 0.05) is 12.8 Å². The summed E-state index contributed by atoms with van der Waals surface area (Å²) in [7, 11) is 0. The standard InChI is InChI=1S/C19H20FNO4/c20-11-10-14-6-8-15(9-7-14)12-17(21-19(23)24)18(22)25-13-16-4-2-1-3-5-16/h1-9,17,21H,10-13H2,(H,23,24). The van der Waals surface area contributed by atoms with Crippen molar-refractivity contribution in [2.75, 3.05) is 6.67 Å². The average molecular weight is 345 g/mol. The third-order valence-corrected chi connectivity index (χ3v) is 3.65. The second-order valence-corrected chi connectivity index (χ2v) is 5.55. The third kappa shape index (κ3) is 6.25. The Morgan fingerprint density at radius 3 is 2.24 bits per heavy atom. The maximum absolute atomic E-state index is 12.3. The van der Waals surface area contributed by atoms with Crippen LogP contribution in [0, 0.1) is 0 Å². The van der Waals surface area contributed by atoms with Gasteiger partial charge < -0.3 is 15.2 Å². The first-order chi connectivity index (χ1) is 12.1. The molecule has 0 heterocycles. The van der Waals surface area contributed by atoms with E-state index in [0.29, 0.717) is 6.42 Å². The lowest BCUT2D eigenvalue weighted by atomic mass is 10.0. The van der Waals surface area contributed by atoms with E-state index in [1.165, 1.54) is 0 Å². The van der Waals surface area contributed by atoms with Gasteiger partial charge in [0.15, 0.2) is 0 Å². The molecule has 1 unspecified atom stereocenters. The molecule has 0 aromatic heterocycles. The van der Waals surface area contributed by atoms with Crippen molar-refractivity contribution in [2.45, 2.75) is 25.5 Å². The first kappa shape index (κ1) is 18.4. The molecule has 0 aliphatic carbocycles. The number of hydrogen-bond acceptors (Lipinski definition) is 3. The minimum Gasteiger partial charge on any atom is -0.465 e. The van der Waals surface area contributed by atoms with Crippen molar-refractivity contribution in [1.29, 1.82) is 0 Å². The smallest absolute Gasteiger partial charge is 0.405 e. The van der Waals surface area contributed by atoms with Crippen molar-refractivity contribution >= 4 is 12.1 Å². The van der Waals surface area contributed by atoms with E-state index in [2.05, 4.69) is 5.32 Å². The van der Waals surface area contributed by atoms with Gasteiger partial charge in [-0.15, -0.1) is 0 Å². The summed E-state index contributed by atoms with van der Waals surface area (Å²) in [5.41, 5.74) is 2.43. The maximum atomic E-state index is 12.3. The van der Waals surface area contributed by atoms with Crippen molar-refractivity contribution in [2.24, 2.45) is 0 Å². The molecule has 2 rings (SSSR count). The number of hydrogen-bond donors (Lipinski definition) is 2. The first-order valence-corrected chi connectivity index (χ1v) is 7.92. The molecule has 1 atom stereocenters. The SMILES string of the molecule is O=C(O)NC(Cc1ccc(CCF)cc1)C(=O)OCc1ccccc1. The van der Waals surface area contributed by atoms with E-state index in [0.717, 1.165) is 16.7 Å². The van der Waals surface area contributed by atoms with E-state index in [1.807, 2.05) is 30.3 Å². The van der Waals surface area contributed by atoms with Crippen LogP contribution in [0.15, 0.2) is 54.6 Å². The summed E-state index contributed by atoms with van der Waals surface area (Å²) in [5, 5.41) is 11.1. The van der Waals surface area contributed by atoms with Crippen LogP contribution in [0.5, 0.6) is 0 Å².